The van der Waals surface area contributed by atoms with Crippen molar-refractivity contribution in [2.75, 3.05) is 7.11 Å². The molecule has 2 atom stereocenters. The van der Waals surface area contributed by atoms with Crippen molar-refractivity contribution in [3.63, 3.8) is 0 Å². The smallest absolute Gasteiger partial charge is 0.176 e. The quantitative estimate of drug-likeness (QED) is 0.459. The Balaban J connectivity index is 2.29. The molecular weight excluding hydrogens is 428 g/mol. The zero-order valence-electron chi connectivity index (χ0n) is 21.1. The van der Waals surface area contributed by atoms with Gasteiger partial charge in [0.15, 0.2) is 5.60 Å². The molecule has 6 nitrogen and oxygen atoms in total. The summed E-state index contributed by atoms with van der Waals surface area (Å²) in [6.07, 6.45) is -1.58. The van der Waals surface area contributed by atoms with Crippen molar-refractivity contribution in [2.24, 2.45) is 10.8 Å². The highest BCUT2D eigenvalue weighted by molar-refractivity contribution is 5.45. The molecule has 0 aliphatic carbocycles. The fraction of sp³-hybridized carbons (Fsp3) is 0.429. The van der Waals surface area contributed by atoms with Crippen LogP contribution in [0.25, 0.3) is 0 Å². The number of aliphatic hydroxyl groups excluding tert-OH is 2. The molecule has 6 heteroatoms. The van der Waals surface area contributed by atoms with Crippen LogP contribution < -0.4 is 0 Å². The average molecular weight is 465 g/mol. The number of nitrogens with zero attached hydrogens (tertiary/aromatic N) is 2. The van der Waals surface area contributed by atoms with Gasteiger partial charge in [0, 0.05) is 7.11 Å². The molecule has 0 fully saturated rings. The predicted molar refractivity (Wildman–Crippen MR) is 132 cm³/mol. The fourth-order valence-electron chi connectivity index (χ4n) is 3.94. The molecule has 0 saturated carbocycles. The first kappa shape index (κ1) is 25.8. The van der Waals surface area contributed by atoms with Crippen LogP contribution in [0.3, 0.4) is 0 Å². The number of aromatic nitrogens is 2. The van der Waals surface area contributed by atoms with Gasteiger partial charge in [-0.05, 0) is 52.8 Å². The standard InChI is InChI=1S/C28H36N2O4/c1-26(2,3)24(32)20-10-8-12-22(29-20)28(34-7,18-14-16-19(31)17-15-18)23-13-9-11-21(30-23)25(33)27(4,5)6/h8-17,24-25,31-33H,1-7H3/t24-,25-/m0/s1. The van der Waals surface area contributed by atoms with E-state index in [0.29, 0.717) is 28.3 Å². The molecule has 2 aromatic heterocycles. The lowest BCUT2D eigenvalue weighted by Crippen LogP contribution is -2.35. The molecule has 34 heavy (non-hydrogen) atoms. The van der Waals surface area contributed by atoms with Crippen molar-refractivity contribution in [3.8, 4) is 5.75 Å². The molecule has 0 bridgehead atoms. The van der Waals surface area contributed by atoms with Gasteiger partial charge in [-0.25, -0.2) is 0 Å². The highest BCUT2D eigenvalue weighted by Crippen LogP contribution is 2.41. The zero-order valence-corrected chi connectivity index (χ0v) is 21.1. The second kappa shape index (κ2) is 9.45. The molecule has 1 aromatic carbocycles. The molecule has 0 unspecified atom stereocenters. The van der Waals surface area contributed by atoms with Gasteiger partial charge in [0.05, 0.1) is 22.8 Å². The summed E-state index contributed by atoms with van der Waals surface area (Å²) in [5.41, 5.74) is 0.774. The molecule has 0 saturated heterocycles. The Labute approximate surface area is 202 Å². The number of phenolic OH excluding ortho intramolecular Hbond substituents is 1. The van der Waals surface area contributed by atoms with E-state index in [2.05, 4.69) is 0 Å². The lowest BCUT2D eigenvalue weighted by molar-refractivity contribution is 0.0411. The van der Waals surface area contributed by atoms with Crippen LogP contribution in [0.4, 0.5) is 0 Å². The first-order valence-corrected chi connectivity index (χ1v) is 11.5. The van der Waals surface area contributed by atoms with E-state index in [1.807, 2.05) is 65.8 Å². The first-order valence-electron chi connectivity index (χ1n) is 11.5. The highest BCUT2D eigenvalue weighted by atomic mass is 16.5. The first-order chi connectivity index (χ1) is 15.8. The van der Waals surface area contributed by atoms with Crippen molar-refractivity contribution < 1.29 is 20.1 Å². The van der Waals surface area contributed by atoms with Gasteiger partial charge < -0.3 is 20.1 Å². The predicted octanol–water partition coefficient (Wildman–Crippen LogP) is 5.28. The number of phenols is 1. The third-order valence-electron chi connectivity index (χ3n) is 6.04. The van der Waals surface area contributed by atoms with Crippen LogP contribution in [0, 0.1) is 10.8 Å². The van der Waals surface area contributed by atoms with Crippen LogP contribution in [0.15, 0.2) is 60.7 Å². The summed E-state index contributed by atoms with van der Waals surface area (Å²) in [7, 11) is 1.58. The molecule has 3 aromatic rings. The van der Waals surface area contributed by atoms with Gasteiger partial charge in [0.1, 0.15) is 18.0 Å². The summed E-state index contributed by atoms with van der Waals surface area (Å²) in [5, 5.41) is 31.7. The Morgan fingerprint density at radius 2 is 1.09 bits per heavy atom. The Hall–Kier alpha value is -2.80. The van der Waals surface area contributed by atoms with Gasteiger partial charge >= 0.3 is 0 Å². The summed E-state index contributed by atoms with van der Waals surface area (Å²) >= 11 is 0. The van der Waals surface area contributed by atoms with Crippen molar-refractivity contribution in [3.05, 3.63) is 89.0 Å². The molecule has 2 heterocycles. The third-order valence-corrected chi connectivity index (χ3v) is 6.04. The molecule has 3 rings (SSSR count). The number of ether oxygens (including phenoxy) is 1. The molecule has 0 amide bonds. The minimum atomic E-state index is -1.24. The second-order valence-electron chi connectivity index (χ2n) is 10.9. The van der Waals surface area contributed by atoms with Crippen LogP contribution in [0.1, 0.15) is 82.1 Å². The summed E-state index contributed by atoms with van der Waals surface area (Å²) < 4.78 is 6.21. The van der Waals surface area contributed by atoms with Crippen LogP contribution in [-0.2, 0) is 10.3 Å². The highest BCUT2D eigenvalue weighted by Gasteiger charge is 2.41. The molecule has 0 aliphatic heterocycles. The van der Waals surface area contributed by atoms with Gasteiger partial charge in [-0.2, -0.15) is 0 Å². The number of rotatable bonds is 6. The molecule has 3 N–H and O–H groups in total. The van der Waals surface area contributed by atoms with E-state index in [1.54, 1.807) is 43.5 Å². The van der Waals surface area contributed by atoms with E-state index < -0.39 is 28.6 Å². The Bertz CT molecular complexity index is 1050. The minimum Gasteiger partial charge on any atom is -0.508 e. The lowest BCUT2D eigenvalue weighted by atomic mass is 9.83. The SMILES string of the molecule is COC(c1ccc(O)cc1)(c1cccc([C@H](O)C(C)(C)C)n1)c1cccc([C@H](O)C(C)(C)C)n1. The number of aromatic hydroxyl groups is 1. The monoisotopic (exact) mass is 464 g/mol. The number of hydrogen-bond donors (Lipinski definition) is 3. The summed E-state index contributed by atoms with van der Waals surface area (Å²) in [5.74, 6) is 0.128. The van der Waals surface area contributed by atoms with E-state index in [4.69, 9.17) is 14.7 Å². The average Bonchev–Trinajstić information content (AvgIpc) is 2.79. The van der Waals surface area contributed by atoms with Crippen molar-refractivity contribution >= 4 is 0 Å². The normalized spacial score (nSPS) is 14.6. The van der Waals surface area contributed by atoms with Gasteiger partial charge in [-0.3, -0.25) is 9.97 Å². The van der Waals surface area contributed by atoms with Crippen molar-refractivity contribution in [1.29, 1.82) is 0 Å². The van der Waals surface area contributed by atoms with E-state index in [0.717, 1.165) is 0 Å². The minimum absolute atomic E-state index is 0.128. The number of pyridine rings is 2. The molecule has 182 valence electrons. The second-order valence-corrected chi connectivity index (χ2v) is 10.9. The Morgan fingerprint density at radius 1 is 0.676 bits per heavy atom. The third kappa shape index (κ3) is 4.99. The van der Waals surface area contributed by atoms with Gasteiger partial charge in [-0.15, -0.1) is 0 Å². The van der Waals surface area contributed by atoms with Crippen molar-refractivity contribution in [1.82, 2.24) is 9.97 Å². The summed E-state index contributed by atoms with van der Waals surface area (Å²) in [6, 6.07) is 17.7. The maximum absolute atomic E-state index is 10.9. The number of benzene rings is 1. The lowest BCUT2D eigenvalue weighted by Gasteiger charge is -2.34. The molecule has 0 radical (unpaired) electrons. The fourth-order valence-corrected chi connectivity index (χ4v) is 3.94. The van der Waals surface area contributed by atoms with Crippen LogP contribution in [0.5, 0.6) is 5.75 Å². The topological polar surface area (TPSA) is 95.7 Å². The maximum atomic E-state index is 10.9. The van der Waals surface area contributed by atoms with E-state index in [-0.39, 0.29) is 5.75 Å². The maximum Gasteiger partial charge on any atom is 0.176 e. The van der Waals surface area contributed by atoms with Crippen molar-refractivity contribution in [2.45, 2.75) is 59.4 Å². The Kier molecular flexibility index (Phi) is 7.18. The molecule has 0 spiro atoms. The van der Waals surface area contributed by atoms with E-state index in [1.165, 1.54) is 0 Å². The number of methoxy groups -OCH3 is 1. The van der Waals surface area contributed by atoms with Gasteiger partial charge in [0.2, 0.25) is 0 Å². The molecule has 0 aliphatic rings. The number of aliphatic hydroxyl groups is 2. The number of hydrogen-bond acceptors (Lipinski definition) is 6. The van der Waals surface area contributed by atoms with Crippen LogP contribution in [-0.4, -0.2) is 32.4 Å². The van der Waals surface area contributed by atoms with Crippen LogP contribution in [0.2, 0.25) is 0 Å². The van der Waals surface area contributed by atoms with Gasteiger partial charge in [-0.1, -0.05) is 65.8 Å². The summed E-state index contributed by atoms with van der Waals surface area (Å²) in [4.78, 5) is 9.68. The Morgan fingerprint density at radius 3 is 1.44 bits per heavy atom. The van der Waals surface area contributed by atoms with E-state index in [9.17, 15) is 15.3 Å². The molecular formula is C28H36N2O4. The largest absolute Gasteiger partial charge is 0.508 e. The zero-order chi connectivity index (χ0) is 25.3. The summed E-state index contributed by atoms with van der Waals surface area (Å²) in [6.45, 7) is 11.7. The van der Waals surface area contributed by atoms with Gasteiger partial charge in [0.25, 0.3) is 0 Å². The van der Waals surface area contributed by atoms with Crippen LogP contribution >= 0.6 is 0 Å². The van der Waals surface area contributed by atoms with E-state index >= 15 is 0 Å².